The lowest BCUT2D eigenvalue weighted by atomic mass is 9.86. The fraction of sp³-hybridized carbons (Fsp3) is 0.406. The SMILES string of the molecule is Cc1ccc(S(=O)(=O)N2C[C@H](C(=O)N[C@@H](C)c3ccc4c(c3)CCCC4)Oc3ccc(C(C)(C)C)cc32)cc1. The molecule has 3 aromatic carbocycles. The van der Waals surface area contributed by atoms with Gasteiger partial charge < -0.3 is 10.1 Å². The molecule has 0 saturated heterocycles. The number of sulfonamides is 1. The molecule has 206 valence electrons. The van der Waals surface area contributed by atoms with Gasteiger partial charge in [-0.2, -0.15) is 0 Å². The van der Waals surface area contributed by atoms with Gasteiger partial charge >= 0.3 is 0 Å². The van der Waals surface area contributed by atoms with Crippen molar-refractivity contribution in [2.24, 2.45) is 0 Å². The number of nitrogens with one attached hydrogen (secondary N) is 1. The van der Waals surface area contributed by atoms with E-state index in [2.05, 4.69) is 44.3 Å². The van der Waals surface area contributed by atoms with Crippen molar-refractivity contribution < 1.29 is 17.9 Å². The Morgan fingerprint density at radius 3 is 2.36 bits per heavy atom. The molecule has 0 bridgehead atoms. The Labute approximate surface area is 232 Å². The molecule has 6 nitrogen and oxygen atoms in total. The summed E-state index contributed by atoms with van der Waals surface area (Å²) in [5.41, 5.74) is 6.01. The second kappa shape index (κ2) is 10.3. The van der Waals surface area contributed by atoms with Crippen LogP contribution in [0.2, 0.25) is 0 Å². The highest BCUT2D eigenvalue weighted by Crippen LogP contribution is 2.40. The van der Waals surface area contributed by atoms with Crippen LogP contribution in [0.1, 0.15) is 74.4 Å². The summed E-state index contributed by atoms with van der Waals surface area (Å²) in [5.74, 6) is 0.0430. The van der Waals surface area contributed by atoms with E-state index in [1.54, 1.807) is 30.3 Å². The summed E-state index contributed by atoms with van der Waals surface area (Å²) in [4.78, 5) is 13.7. The van der Waals surface area contributed by atoms with E-state index in [4.69, 9.17) is 4.74 Å². The number of rotatable bonds is 5. The number of nitrogens with zero attached hydrogens (tertiary/aromatic N) is 1. The monoisotopic (exact) mass is 546 g/mol. The molecule has 1 heterocycles. The van der Waals surface area contributed by atoms with Crippen molar-refractivity contribution in [1.82, 2.24) is 5.32 Å². The summed E-state index contributed by atoms with van der Waals surface area (Å²) in [6, 6.07) is 18.6. The smallest absolute Gasteiger partial charge is 0.264 e. The highest BCUT2D eigenvalue weighted by Gasteiger charge is 2.38. The van der Waals surface area contributed by atoms with E-state index >= 15 is 0 Å². The summed E-state index contributed by atoms with van der Waals surface area (Å²) in [7, 11) is -3.94. The van der Waals surface area contributed by atoms with Crippen LogP contribution in [-0.2, 0) is 33.1 Å². The van der Waals surface area contributed by atoms with Crippen molar-refractivity contribution >= 4 is 21.6 Å². The molecule has 1 N–H and O–H groups in total. The van der Waals surface area contributed by atoms with Crippen LogP contribution in [0.25, 0.3) is 0 Å². The van der Waals surface area contributed by atoms with Crippen molar-refractivity contribution in [1.29, 1.82) is 0 Å². The van der Waals surface area contributed by atoms with Crippen LogP contribution in [0.3, 0.4) is 0 Å². The number of hydrogen-bond acceptors (Lipinski definition) is 4. The third kappa shape index (κ3) is 5.55. The molecule has 0 aromatic heterocycles. The largest absolute Gasteiger partial charge is 0.476 e. The third-order valence-electron chi connectivity index (χ3n) is 7.83. The zero-order chi connectivity index (χ0) is 27.9. The Morgan fingerprint density at radius 2 is 1.67 bits per heavy atom. The Balaban J connectivity index is 1.45. The van der Waals surface area contributed by atoms with Gasteiger partial charge in [0.25, 0.3) is 15.9 Å². The second-order valence-corrected chi connectivity index (χ2v) is 13.7. The lowest BCUT2D eigenvalue weighted by molar-refractivity contribution is -0.128. The zero-order valence-corrected chi connectivity index (χ0v) is 24.3. The first kappa shape index (κ1) is 27.3. The molecule has 5 rings (SSSR count). The van der Waals surface area contributed by atoms with Gasteiger partial charge in [-0.3, -0.25) is 9.10 Å². The van der Waals surface area contributed by atoms with Gasteiger partial charge in [-0.15, -0.1) is 0 Å². The van der Waals surface area contributed by atoms with Gasteiger partial charge in [-0.25, -0.2) is 8.42 Å². The standard InChI is InChI=1S/C32H38N2O4S/c1-21-10-15-27(16-11-21)39(36,37)34-20-30(38-29-17-14-26(19-28(29)34)32(3,4)5)31(35)33-22(2)24-13-12-23-8-6-7-9-25(23)18-24/h10-19,22,30H,6-9,20H2,1-5H3,(H,33,35)/t22-,30+/m0/s1. The summed E-state index contributed by atoms with van der Waals surface area (Å²) in [5, 5.41) is 3.07. The lowest BCUT2D eigenvalue weighted by Gasteiger charge is -2.36. The van der Waals surface area contributed by atoms with E-state index in [-0.39, 0.29) is 28.8 Å². The number of hydrogen-bond donors (Lipinski definition) is 1. The molecule has 0 fully saturated rings. The minimum atomic E-state index is -3.94. The van der Waals surface area contributed by atoms with Gasteiger partial charge in [0.2, 0.25) is 0 Å². The average Bonchev–Trinajstić information content (AvgIpc) is 2.91. The first-order valence-corrected chi connectivity index (χ1v) is 15.2. The van der Waals surface area contributed by atoms with Crippen LogP contribution in [0.15, 0.2) is 65.6 Å². The van der Waals surface area contributed by atoms with Crippen molar-refractivity contribution in [3.63, 3.8) is 0 Å². The quantitative estimate of drug-likeness (QED) is 0.426. The molecular formula is C32H38N2O4S. The molecule has 0 spiro atoms. The summed E-state index contributed by atoms with van der Waals surface area (Å²) >= 11 is 0. The summed E-state index contributed by atoms with van der Waals surface area (Å²) < 4.78 is 35.3. The molecule has 2 aliphatic rings. The molecule has 1 amide bonds. The molecule has 0 saturated carbocycles. The topological polar surface area (TPSA) is 75.7 Å². The molecule has 0 radical (unpaired) electrons. The van der Waals surface area contributed by atoms with Crippen LogP contribution in [0.5, 0.6) is 5.75 Å². The Hall–Kier alpha value is -3.32. The van der Waals surface area contributed by atoms with Crippen molar-refractivity contribution in [3.05, 3.63) is 88.5 Å². The Kier molecular flexibility index (Phi) is 7.23. The number of benzene rings is 3. The number of aryl methyl sites for hydroxylation is 3. The van der Waals surface area contributed by atoms with Gasteiger partial charge in [-0.1, -0.05) is 62.7 Å². The van der Waals surface area contributed by atoms with Gasteiger partial charge in [0.05, 0.1) is 23.2 Å². The number of fused-ring (bicyclic) bond motifs is 2. The number of anilines is 1. The van der Waals surface area contributed by atoms with Gasteiger partial charge in [0.15, 0.2) is 6.10 Å². The predicted octanol–water partition coefficient (Wildman–Crippen LogP) is 6.01. The zero-order valence-electron chi connectivity index (χ0n) is 23.5. The van der Waals surface area contributed by atoms with Crippen molar-refractivity contribution in [2.45, 2.75) is 82.8 Å². The van der Waals surface area contributed by atoms with Crippen molar-refractivity contribution in [3.8, 4) is 5.75 Å². The van der Waals surface area contributed by atoms with E-state index in [0.29, 0.717) is 11.4 Å². The Morgan fingerprint density at radius 1 is 0.974 bits per heavy atom. The van der Waals surface area contributed by atoms with Gasteiger partial charge in [-0.05, 0) is 91.5 Å². The van der Waals surface area contributed by atoms with E-state index < -0.39 is 16.1 Å². The molecule has 2 atom stereocenters. The number of ether oxygens (including phenoxy) is 1. The summed E-state index contributed by atoms with van der Waals surface area (Å²) in [6.07, 6.45) is 3.59. The first-order chi connectivity index (χ1) is 18.4. The number of carbonyl (C=O) groups excluding carboxylic acids is 1. The van der Waals surface area contributed by atoms with E-state index in [1.165, 1.54) is 28.3 Å². The number of carbonyl (C=O) groups is 1. The highest BCUT2D eigenvalue weighted by atomic mass is 32.2. The van der Waals surface area contributed by atoms with E-state index in [1.807, 2.05) is 26.0 Å². The molecule has 7 heteroatoms. The molecule has 1 aliphatic carbocycles. The fourth-order valence-electron chi connectivity index (χ4n) is 5.33. The summed E-state index contributed by atoms with van der Waals surface area (Å²) in [6.45, 7) is 10.00. The lowest BCUT2D eigenvalue weighted by Crippen LogP contribution is -2.51. The van der Waals surface area contributed by atoms with Crippen LogP contribution >= 0.6 is 0 Å². The molecule has 39 heavy (non-hydrogen) atoms. The number of amides is 1. The van der Waals surface area contributed by atoms with Crippen LogP contribution in [0.4, 0.5) is 5.69 Å². The minimum Gasteiger partial charge on any atom is -0.476 e. The Bertz CT molecular complexity index is 1490. The fourth-order valence-corrected chi connectivity index (χ4v) is 6.80. The van der Waals surface area contributed by atoms with E-state index in [0.717, 1.165) is 29.5 Å². The molecule has 3 aromatic rings. The predicted molar refractivity (Wildman–Crippen MR) is 155 cm³/mol. The van der Waals surface area contributed by atoms with E-state index in [9.17, 15) is 13.2 Å². The third-order valence-corrected chi connectivity index (χ3v) is 9.62. The maximum absolute atomic E-state index is 13.9. The molecule has 1 aliphatic heterocycles. The van der Waals surface area contributed by atoms with Gasteiger partial charge in [0.1, 0.15) is 5.75 Å². The maximum atomic E-state index is 13.9. The highest BCUT2D eigenvalue weighted by molar-refractivity contribution is 7.92. The minimum absolute atomic E-state index is 0.112. The van der Waals surface area contributed by atoms with Crippen LogP contribution in [-0.4, -0.2) is 27.0 Å². The average molecular weight is 547 g/mol. The van der Waals surface area contributed by atoms with Gasteiger partial charge in [0, 0.05) is 0 Å². The van der Waals surface area contributed by atoms with Crippen LogP contribution in [0, 0.1) is 6.92 Å². The maximum Gasteiger partial charge on any atom is 0.264 e. The molecular weight excluding hydrogens is 508 g/mol. The first-order valence-electron chi connectivity index (χ1n) is 13.8. The second-order valence-electron chi connectivity index (χ2n) is 11.9. The normalized spacial score (nSPS) is 18.0. The van der Waals surface area contributed by atoms with Crippen molar-refractivity contribution in [2.75, 3.05) is 10.8 Å². The van der Waals surface area contributed by atoms with Crippen LogP contribution < -0.4 is 14.4 Å². The molecule has 0 unspecified atom stereocenters.